The third-order valence-corrected chi connectivity index (χ3v) is 6.81. The lowest BCUT2D eigenvalue weighted by atomic mass is 9.98. The highest BCUT2D eigenvalue weighted by Crippen LogP contribution is 2.44. The van der Waals surface area contributed by atoms with Crippen molar-refractivity contribution in [1.29, 1.82) is 0 Å². The summed E-state index contributed by atoms with van der Waals surface area (Å²) in [6, 6.07) is 24.3. The van der Waals surface area contributed by atoms with Gasteiger partial charge in [-0.3, -0.25) is 15.0 Å². The molecule has 174 valence electrons. The normalized spacial score (nSPS) is 17.2. The molecule has 0 aromatic heterocycles. The summed E-state index contributed by atoms with van der Waals surface area (Å²) in [6.07, 6.45) is 1.60. The molecule has 1 saturated heterocycles. The minimum absolute atomic E-state index is 0.0193. The van der Waals surface area contributed by atoms with E-state index in [1.807, 2.05) is 48.5 Å². The molecule has 1 fully saturated rings. The predicted molar refractivity (Wildman–Crippen MR) is 131 cm³/mol. The second-order valence-electron chi connectivity index (χ2n) is 9.02. The Bertz CT molecular complexity index is 1160. The lowest BCUT2D eigenvalue weighted by molar-refractivity contribution is -0.138. The smallest absolute Gasteiger partial charge is 0.411 e. The van der Waals surface area contributed by atoms with Crippen LogP contribution >= 0.6 is 0 Å². The molecule has 1 unspecified atom stereocenters. The number of nitrogens with zero attached hydrogens (tertiary/aromatic N) is 1. The SMILES string of the molecule is O=C(O)CC1CCCN1Cc1cccc(NC(=O)OCC2c3ccccc3-c3ccccc32)c1. The summed E-state index contributed by atoms with van der Waals surface area (Å²) in [6.45, 7) is 1.82. The Hall–Kier alpha value is -3.64. The van der Waals surface area contributed by atoms with Gasteiger partial charge in [0.05, 0.1) is 6.42 Å². The van der Waals surface area contributed by atoms with E-state index in [4.69, 9.17) is 9.84 Å². The van der Waals surface area contributed by atoms with Gasteiger partial charge in [0.15, 0.2) is 0 Å². The Morgan fingerprint density at radius 1 is 0.971 bits per heavy atom. The first-order chi connectivity index (χ1) is 16.6. The highest BCUT2D eigenvalue weighted by Gasteiger charge is 2.29. The van der Waals surface area contributed by atoms with Crippen LogP contribution in [0.15, 0.2) is 72.8 Å². The number of amides is 1. The molecule has 5 rings (SSSR count). The van der Waals surface area contributed by atoms with Crippen LogP contribution in [0.1, 0.15) is 41.9 Å². The van der Waals surface area contributed by atoms with Crippen molar-refractivity contribution in [1.82, 2.24) is 4.90 Å². The molecular weight excluding hydrogens is 428 g/mol. The molecule has 0 spiro atoms. The van der Waals surface area contributed by atoms with Gasteiger partial charge in [-0.2, -0.15) is 0 Å². The zero-order chi connectivity index (χ0) is 23.5. The van der Waals surface area contributed by atoms with Crippen molar-refractivity contribution >= 4 is 17.7 Å². The second-order valence-corrected chi connectivity index (χ2v) is 9.02. The fourth-order valence-corrected chi connectivity index (χ4v) is 5.27. The molecule has 1 aliphatic heterocycles. The fraction of sp³-hybridized carbons (Fsp3) is 0.286. The summed E-state index contributed by atoms with van der Waals surface area (Å²) in [7, 11) is 0. The van der Waals surface area contributed by atoms with Crippen LogP contribution in [0.25, 0.3) is 11.1 Å². The van der Waals surface area contributed by atoms with Gasteiger partial charge in [-0.1, -0.05) is 60.7 Å². The Morgan fingerprint density at radius 3 is 2.38 bits per heavy atom. The second kappa shape index (κ2) is 9.69. The molecule has 0 radical (unpaired) electrons. The number of aliphatic carboxylic acids is 1. The van der Waals surface area contributed by atoms with Crippen LogP contribution < -0.4 is 5.32 Å². The predicted octanol–water partition coefficient (Wildman–Crippen LogP) is 5.49. The Kier molecular flexibility index (Phi) is 6.32. The van der Waals surface area contributed by atoms with E-state index >= 15 is 0 Å². The first-order valence-corrected chi connectivity index (χ1v) is 11.8. The Balaban J connectivity index is 1.21. The largest absolute Gasteiger partial charge is 0.481 e. The van der Waals surface area contributed by atoms with Gasteiger partial charge >= 0.3 is 12.1 Å². The fourth-order valence-electron chi connectivity index (χ4n) is 5.27. The average molecular weight is 457 g/mol. The van der Waals surface area contributed by atoms with Gasteiger partial charge in [0.25, 0.3) is 0 Å². The first kappa shape index (κ1) is 22.2. The van der Waals surface area contributed by atoms with Gasteiger partial charge < -0.3 is 9.84 Å². The van der Waals surface area contributed by atoms with Gasteiger partial charge in [0.2, 0.25) is 0 Å². The number of ether oxygens (including phenoxy) is 1. The van der Waals surface area contributed by atoms with E-state index in [-0.39, 0.29) is 25.0 Å². The number of carboxylic acids is 1. The summed E-state index contributed by atoms with van der Waals surface area (Å²) >= 11 is 0. The standard InChI is InChI=1S/C28H28N2O4/c31-27(32)16-21-9-6-14-30(21)17-19-7-5-8-20(15-19)29-28(33)34-18-26-24-12-3-1-10-22(24)23-11-2-4-13-25(23)26/h1-5,7-8,10-13,15,21,26H,6,9,14,16-18H2,(H,29,33)(H,31,32). The third kappa shape index (κ3) is 4.68. The Morgan fingerprint density at radius 2 is 1.68 bits per heavy atom. The van der Waals surface area contributed by atoms with E-state index in [0.29, 0.717) is 12.2 Å². The number of carbonyl (C=O) groups excluding carboxylic acids is 1. The van der Waals surface area contributed by atoms with Gasteiger partial charge in [0, 0.05) is 24.2 Å². The van der Waals surface area contributed by atoms with E-state index < -0.39 is 12.1 Å². The number of anilines is 1. The summed E-state index contributed by atoms with van der Waals surface area (Å²) in [5.74, 6) is -0.742. The van der Waals surface area contributed by atoms with Gasteiger partial charge in [-0.05, 0) is 59.3 Å². The van der Waals surface area contributed by atoms with Crippen molar-refractivity contribution in [2.24, 2.45) is 0 Å². The third-order valence-electron chi connectivity index (χ3n) is 6.81. The number of fused-ring (bicyclic) bond motifs is 3. The number of likely N-dealkylation sites (tertiary alicyclic amines) is 1. The molecule has 1 aliphatic carbocycles. The summed E-state index contributed by atoms with van der Waals surface area (Å²) < 4.78 is 5.65. The molecule has 1 heterocycles. The number of carbonyl (C=O) groups is 2. The van der Waals surface area contributed by atoms with Crippen molar-refractivity contribution in [2.45, 2.75) is 37.8 Å². The minimum atomic E-state index is -0.762. The maximum absolute atomic E-state index is 12.6. The minimum Gasteiger partial charge on any atom is -0.481 e. The monoisotopic (exact) mass is 456 g/mol. The van der Waals surface area contributed by atoms with Crippen molar-refractivity contribution in [3.63, 3.8) is 0 Å². The lowest BCUT2D eigenvalue weighted by Gasteiger charge is -2.23. The molecule has 3 aromatic carbocycles. The van der Waals surface area contributed by atoms with E-state index in [1.165, 1.54) is 22.3 Å². The van der Waals surface area contributed by atoms with Crippen LogP contribution in [0.5, 0.6) is 0 Å². The van der Waals surface area contributed by atoms with Crippen molar-refractivity contribution in [3.8, 4) is 11.1 Å². The molecule has 3 aromatic rings. The van der Waals surface area contributed by atoms with Crippen LogP contribution in [0.2, 0.25) is 0 Å². The van der Waals surface area contributed by atoms with Crippen LogP contribution in [-0.4, -0.2) is 41.3 Å². The molecular formula is C28H28N2O4. The van der Waals surface area contributed by atoms with Crippen molar-refractivity contribution < 1.29 is 19.4 Å². The number of hydrogen-bond donors (Lipinski definition) is 2. The number of benzene rings is 3. The maximum Gasteiger partial charge on any atom is 0.411 e. The zero-order valence-electron chi connectivity index (χ0n) is 18.9. The number of hydrogen-bond acceptors (Lipinski definition) is 4. The molecule has 1 amide bonds. The molecule has 0 saturated carbocycles. The summed E-state index contributed by atoms with van der Waals surface area (Å²) in [5.41, 5.74) is 6.46. The van der Waals surface area contributed by atoms with Crippen LogP contribution in [-0.2, 0) is 16.1 Å². The summed E-state index contributed by atoms with van der Waals surface area (Å²) in [5, 5.41) is 12.0. The average Bonchev–Trinajstić information content (AvgIpc) is 3.39. The molecule has 0 bridgehead atoms. The van der Waals surface area contributed by atoms with Crippen LogP contribution in [0.3, 0.4) is 0 Å². The molecule has 2 N–H and O–H groups in total. The molecule has 2 aliphatic rings. The lowest BCUT2D eigenvalue weighted by Crippen LogP contribution is -2.30. The van der Waals surface area contributed by atoms with Crippen molar-refractivity contribution in [2.75, 3.05) is 18.5 Å². The van der Waals surface area contributed by atoms with Gasteiger partial charge in [-0.25, -0.2) is 4.79 Å². The highest BCUT2D eigenvalue weighted by molar-refractivity contribution is 5.85. The highest BCUT2D eigenvalue weighted by atomic mass is 16.5. The first-order valence-electron chi connectivity index (χ1n) is 11.8. The van der Waals surface area contributed by atoms with E-state index in [2.05, 4.69) is 34.5 Å². The van der Waals surface area contributed by atoms with Gasteiger partial charge in [0.1, 0.15) is 6.61 Å². The van der Waals surface area contributed by atoms with Crippen molar-refractivity contribution in [3.05, 3.63) is 89.5 Å². The molecule has 6 nitrogen and oxygen atoms in total. The maximum atomic E-state index is 12.6. The summed E-state index contributed by atoms with van der Waals surface area (Å²) in [4.78, 5) is 26.0. The Labute approximate surface area is 199 Å². The topological polar surface area (TPSA) is 78.9 Å². The quantitative estimate of drug-likeness (QED) is 0.492. The number of rotatable bonds is 7. The van der Waals surface area contributed by atoms with E-state index in [1.54, 1.807) is 0 Å². The van der Waals surface area contributed by atoms with E-state index in [9.17, 15) is 9.59 Å². The van der Waals surface area contributed by atoms with Crippen LogP contribution in [0, 0.1) is 0 Å². The molecule has 6 heteroatoms. The van der Waals surface area contributed by atoms with Gasteiger partial charge in [-0.15, -0.1) is 0 Å². The molecule has 1 atom stereocenters. The van der Waals surface area contributed by atoms with E-state index in [0.717, 1.165) is 24.9 Å². The molecule has 34 heavy (non-hydrogen) atoms. The number of carboxylic acid groups (broad SMARTS) is 1. The zero-order valence-corrected chi connectivity index (χ0v) is 18.9. The van der Waals surface area contributed by atoms with Crippen LogP contribution in [0.4, 0.5) is 10.5 Å². The number of nitrogens with one attached hydrogen (secondary N) is 1.